The van der Waals surface area contributed by atoms with E-state index in [-0.39, 0.29) is 12.0 Å². The maximum Gasteiger partial charge on any atom is 0.411 e. The Hall–Kier alpha value is -1.34. The van der Waals surface area contributed by atoms with Crippen LogP contribution < -0.4 is 5.32 Å². The van der Waals surface area contributed by atoms with Crippen LogP contribution in [0.1, 0.15) is 20.8 Å². The first-order valence-corrected chi connectivity index (χ1v) is 6.74. The molecule has 0 spiro atoms. The van der Waals surface area contributed by atoms with Gasteiger partial charge in [-0.25, -0.2) is 9.59 Å². The molecule has 114 valence electrons. The van der Waals surface area contributed by atoms with E-state index in [0.29, 0.717) is 13.1 Å². The number of nitrogens with zero attached hydrogens (tertiary/aromatic N) is 1. The zero-order valence-corrected chi connectivity index (χ0v) is 12.3. The number of amides is 1. The molecule has 0 saturated carbocycles. The Labute approximate surface area is 118 Å². The number of ether oxygens (including phenoxy) is 2. The molecule has 2 heterocycles. The molecule has 0 radical (unpaired) electrons. The summed E-state index contributed by atoms with van der Waals surface area (Å²) in [6.07, 6.45) is -1.53. The monoisotopic (exact) mass is 286 g/mol. The van der Waals surface area contributed by atoms with Crippen molar-refractivity contribution in [1.82, 2.24) is 10.2 Å². The molecule has 2 rings (SSSR count). The highest BCUT2D eigenvalue weighted by Crippen LogP contribution is 2.34. The van der Waals surface area contributed by atoms with E-state index in [1.54, 1.807) is 20.8 Å². The number of hydrogen-bond donors (Lipinski definition) is 2. The van der Waals surface area contributed by atoms with Gasteiger partial charge in [0, 0.05) is 19.0 Å². The van der Waals surface area contributed by atoms with Crippen LogP contribution >= 0.6 is 0 Å². The first kappa shape index (κ1) is 15.1. The maximum absolute atomic E-state index is 12.3. The summed E-state index contributed by atoms with van der Waals surface area (Å²) in [6, 6.07) is -1.24. The second kappa shape index (κ2) is 5.21. The standard InChI is InChI=1S/C13H22N2O5/c1-13(2,3)20-12(18)15-8-6-14-5-7(8)10(16)9(15)11(17)19-4/h7-10,14,16H,5-6H2,1-4H3/t7-,8+,9-,10+/m0/s1. The van der Waals surface area contributed by atoms with E-state index in [2.05, 4.69) is 5.32 Å². The predicted molar refractivity (Wildman–Crippen MR) is 70.0 cm³/mol. The Morgan fingerprint density at radius 3 is 2.50 bits per heavy atom. The third-order valence-electron chi connectivity index (χ3n) is 3.69. The van der Waals surface area contributed by atoms with Crippen molar-refractivity contribution in [2.45, 2.75) is 44.6 Å². The number of nitrogens with one attached hydrogen (secondary N) is 1. The van der Waals surface area contributed by atoms with Gasteiger partial charge >= 0.3 is 12.1 Å². The molecule has 0 bridgehead atoms. The summed E-state index contributed by atoms with van der Waals surface area (Å²) in [5, 5.41) is 13.4. The highest BCUT2D eigenvalue weighted by molar-refractivity contribution is 5.83. The normalized spacial score (nSPS) is 33.0. The average molecular weight is 286 g/mol. The second-order valence-electron chi connectivity index (χ2n) is 6.24. The summed E-state index contributed by atoms with van der Waals surface area (Å²) in [5.74, 6) is -0.788. The molecule has 0 aromatic carbocycles. The molecule has 0 aliphatic carbocycles. The van der Waals surface area contributed by atoms with Gasteiger partial charge in [0.1, 0.15) is 5.60 Å². The molecular formula is C13H22N2O5. The van der Waals surface area contributed by atoms with Crippen LogP contribution in [-0.4, -0.2) is 66.1 Å². The minimum atomic E-state index is -0.994. The Kier molecular flexibility index (Phi) is 3.93. The number of hydrogen-bond acceptors (Lipinski definition) is 6. The van der Waals surface area contributed by atoms with Gasteiger partial charge in [-0.05, 0) is 20.8 Å². The van der Waals surface area contributed by atoms with Crippen LogP contribution in [0.15, 0.2) is 0 Å². The van der Waals surface area contributed by atoms with Crippen molar-refractivity contribution in [3.63, 3.8) is 0 Å². The van der Waals surface area contributed by atoms with Crippen LogP contribution in [0.2, 0.25) is 0 Å². The lowest BCUT2D eigenvalue weighted by molar-refractivity contribution is -0.149. The molecule has 20 heavy (non-hydrogen) atoms. The van der Waals surface area contributed by atoms with E-state index in [1.807, 2.05) is 0 Å². The van der Waals surface area contributed by atoms with Crippen molar-refractivity contribution in [2.24, 2.45) is 5.92 Å². The average Bonchev–Trinajstić information content (AvgIpc) is 2.88. The van der Waals surface area contributed by atoms with Crippen molar-refractivity contribution < 1.29 is 24.2 Å². The van der Waals surface area contributed by atoms with E-state index in [9.17, 15) is 14.7 Å². The smallest absolute Gasteiger partial charge is 0.411 e. The highest BCUT2D eigenvalue weighted by Gasteiger charge is 2.56. The lowest BCUT2D eigenvalue weighted by Crippen LogP contribution is -2.51. The zero-order valence-electron chi connectivity index (χ0n) is 12.3. The number of aliphatic hydroxyl groups is 1. The largest absolute Gasteiger partial charge is 0.467 e. The first-order chi connectivity index (χ1) is 9.26. The van der Waals surface area contributed by atoms with Gasteiger partial charge in [0.2, 0.25) is 0 Å². The van der Waals surface area contributed by atoms with Crippen LogP contribution in [-0.2, 0) is 14.3 Å². The molecule has 0 aromatic rings. The van der Waals surface area contributed by atoms with Gasteiger partial charge in [-0.1, -0.05) is 0 Å². The van der Waals surface area contributed by atoms with Gasteiger partial charge in [-0.3, -0.25) is 4.90 Å². The van der Waals surface area contributed by atoms with Crippen molar-refractivity contribution in [3.8, 4) is 0 Å². The minimum Gasteiger partial charge on any atom is -0.467 e. The second-order valence-corrected chi connectivity index (χ2v) is 6.24. The topological polar surface area (TPSA) is 88.1 Å². The van der Waals surface area contributed by atoms with Crippen molar-refractivity contribution in [3.05, 3.63) is 0 Å². The Bertz CT molecular complexity index is 406. The number of likely N-dealkylation sites (tertiary alicyclic amines) is 1. The van der Waals surface area contributed by atoms with Crippen LogP contribution in [0, 0.1) is 5.92 Å². The van der Waals surface area contributed by atoms with Crippen molar-refractivity contribution in [1.29, 1.82) is 0 Å². The molecule has 2 aliphatic rings. The van der Waals surface area contributed by atoms with Crippen LogP contribution in [0.25, 0.3) is 0 Å². The molecule has 0 aromatic heterocycles. The SMILES string of the molecule is COC(=O)[C@@H]1[C@H](O)[C@H]2CNC[C@H]2N1C(=O)OC(C)(C)C. The zero-order chi connectivity index (χ0) is 15.1. The van der Waals surface area contributed by atoms with E-state index >= 15 is 0 Å². The van der Waals surface area contributed by atoms with E-state index in [4.69, 9.17) is 9.47 Å². The van der Waals surface area contributed by atoms with E-state index in [0.717, 1.165) is 0 Å². The van der Waals surface area contributed by atoms with Gasteiger partial charge in [-0.15, -0.1) is 0 Å². The Balaban J connectivity index is 2.25. The number of carbonyl (C=O) groups excluding carboxylic acids is 2. The molecule has 2 fully saturated rings. The number of methoxy groups -OCH3 is 1. The van der Waals surface area contributed by atoms with Gasteiger partial charge in [0.25, 0.3) is 0 Å². The summed E-state index contributed by atoms with van der Waals surface area (Å²) in [4.78, 5) is 25.5. The quantitative estimate of drug-likeness (QED) is 0.645. The van der Waals surface area contributed by atoms with Gasteiger partial charge < -0.3 is 19.9 Å². The van der Waals surface area contributed by atoms with Crippen LogP contribution in [0.4, 0.5) is 4.79 Å². The molecule has 7 nitrogen and oxygen atoms in total. The van der Waals surface area contributed by atoms with Crippen LogP contribution in [0.3, 0.4) is 0 Å². The molecule has 0 unspecified atom stereocenters. The minimum absolute atomic E-state index is 0.174. The Morgan fingerprint density at radius 1 is 1.30 bits per heavy atom. The summed E-state index contributed by atoms with van der Waals surface area (Å²) in [5.41, 5.74) is -0.660. The highest BCUT2D eigenvalue weighted by atomic mass is 16.6. The Morgan fingerprint density at radius 2 is 1.95 bits per heavy atom. The number of esters is 1. The summed E-state index contributed by atoms with van der Waals surface area (Å²) < 4.78 is 10.1. The summed E-state index contributed by atoms with van der Waals surface area (Å²) >= 11 is 0. The summed E-state index contributed by atoms with van der Waals surface area (Å²) in [6.45, 7) is 6.38. The maximum atomic E-state index is 12.3. The van der Waals surface area contributed by atoms with E-state index < -0.39 is 29.8 Å². The van der Waals surface area contributed by atoms with Crippen molar-refractivity contribution >= 4 is 12.1 Å². The number of fused-ring (bicyclic) bond motifs is 1. The predicted octanol–water partition coefficient (Wildman–Crippen LogP) is -0.272. The fraction of sp³-hybridized carbons (Fsp3) is 0.846. The fourth-order valence-corrected chi connectivity index (χ4v) is 2.88. The molecule has 1 amide bonds. The van der Waals surface area contributed by atoms with Gasteiger partial charge in [-0.2, -0.15) is 0 Å². The lowest BCUT2D eigenvalue weighted by atomic mass is 9.99. The molecule has 4 atom stereocenters. The third-order valence-corrected chi connectivity index (χ3v) is 3.69. The fourth-order valence-electron chi connectivity index (χ4n) is 2.88. The van der Waals surface area contributed by atoms with Gasteiger partial charge in [0.05, 0.1) is 19.3 Å². The lowest BCUT2D eigenvalue weighted by Gasteiger charge is -2.31. The molecule has 2 aliphatic heterocycles. The number of rotatable bonds is 1. The third kappa shape index (κ3) is 2.60. The number of aliphatic hydroxyl groups excluding tert-OH is 1. The van der Waals surface area contributed by atoms with Gasteiger partial charge in [0.15, 0.2) is 6.04 Å². The molecule has 2 saturated heterocycles. The molecule has 7 heteroatoms. The summed E-state index contributed by atoms with van der Waals surface area (Å²) in [7, 11) is 1.24. The van der Waals surface area contributed by atoms with Crippen LogP contribution in [0.5, 0.6) is 0 Å². The van der Waals surface area contributed by atoms with Crippen molar-refractivity contribution in [2.75, 3.05) is 20.2 Å². The molecular weight excluding hydrogens is 264 g/mol. The number of carbonyl (C=O) groups is 2. The van der Waals surface area contributed by atoms with E-state index in [1.165, 1.54) is 12.0 Å². The molecule has 2 N–H and O–H groups in total. The first-order valence-electron chi connectivity index (χ1n) is 6.74.